The number of rotatable bonds is 3. The average molecular weight is 241 g/mol. The van der Waals surface area contributed by atoms with Gasteiger partial charge in [-0.3, -0.25) is 9.78 Å². The van der Waals surface area contributed by atoms with Gasteiger partial charge in [-0.05, 0) is 24.3 Å². The van der Waals surface area contributed by atoms with E-state index in [1.165, 1.54) is 18.6 Å². The van der Waals surface area contributed by atoms with Crippen LogP contribution in [0.3, 0.4) is 0 Å². The first-order chi connectivity index (χ1) is 8.77. The number of aromatic hydroxyl groups is 1. The van der Waals surface area contributed by atoms with Gasteiger partial charge in [0.15, 0.2) is 0 Å². The largest absolute Gasteiger partial charge is 0.507 e. The third-order valence-corrected chi connectivity index (χ3v) is 2.25. The van der Waals surface area contributed by atoms with Gasteiger partial charge in [0.2, 0.25) is 0 Å². The number of aromatic nitrogens is 1. The van der Waals surface area contributed by atoms with E-state index in [0.29, 0.717) is 11.1 Å². The van der Waals surface area contributed by atoms with E-state index in [1.807, 2.05) is 0 Å². The molecular formula is C13H11N3O2. The number of pyridine rings is 1. The number of nitrogens with one attached hydrogen (secondary N) is 1. The minimum Gasteiger partial charge on any atom is -0.507 e. The summed E-state index contributed by atoms with van der Waals surface area (Å²) in [6.07, 6.45) is 4.44. The van der Waals surface area contributed by atoms with Crippen LogP contribution in [0.1, 0.15) is 15.9 Å². The third kappa shape index (κ3) is 2.91. The van der Waals surface area contributed by atoms with Crippen molar-refractivity contribution in [2.24, 2.45) is 5.10 Å². The fourth-order valence-electron chi connectivity index (χ4n) is 1.32. The van der Waals surface area contributed by atoms with Crippen LogP contribution in [-0.4, -0.2) is 22.2 Å². The van der Waals surface area contributed by atoms with Gasteiger partial charge in [-0.1, -0.05) is 12.1 Å². The van der Waals surface area contributed by atoms with Crippen molar-refractivity contribution >= 4 is 12.1 Å². The second-order valence-corrected chi connectivity index (χ2v) is 3.49. The second kappa shape index (κ2) is 5.58. The van der Waals surface area contributed by atoms with E-state index in [-0.39, 0.29) is 11.7 Å². The summed E-state index contributed by atoms with van der Waals surface area (Å²) in [5, 5.41) is 13.3. The number of phenols is 1. The molecule has 0 saturated heterocycles. The van der Waals surface area contributed by atoms with Crippen LogP contribution in [-0.2, 0) is 0 Å². The molecule has 0 saturated carbocycles. The van der Waals surface area contributed by atoms with E-state index < -0.39 is 0 Å². The number of para-hydroxylation sites is 1. The summed E-state index contributed by atoms with van der Waals surface area (Å²) in [5.41, 5.74) is 3.37. The molecule has 0 atom stereocenters. The van der Waals surface area contributed by atoms with Crippen molar-refractivity contribution in [1.29, 1.82) is 0 Å². The van der Waals surface area contributed by atoms with Crippen LogP contribution in [0.5, 0.6) is 5.75 Å². The Morgan fingerprint density at radius 2 is 1.94 bits per heavy atom. The van der Waals surface area contributed by atoms with E-state index in [0.717, 1.165) is 0 Å². The van der Waals surface area contributed by atoms with Crippen LogP contribution in [0.25, 0.3) is 0 Å². The van der Waals surface area contributed by atoms with Gasteiger partial charge in [-0.2, -0.15) is 5.10 Å². The Bertz CT molecular complexity index is 567. The molecule has 0 aliphatic rings. The summed E-state index contributed by atoms with van der Waals surface area (Å²) in [6, 6.07) is 9.90. The molecule has 1 amide bonds. The Kier molecular flexibility index (Phi) is 3.66. The van der Waals surface area contributed by atoms with Gasteiger partial charge in [0.05, 0.1) is 6.21 Å². The van der Waals surface area contributed by atoms with Gasteiger partial charge in [0.25, 0.3) is 5.91 Å². The number of hydrogen-bond donors (Lipinski definition) is 2. The quantitative estimate of drug-likeness (QED) is 0.632. The molecule has 2 aromatic rings. The number of nitrogens with zero attached hydrogens (tertiary/aromatic N) is 2. The van der Waals surface area contributed by atoms with Crippen LogP contribution in [0, 0.1) is 0 Å². The van der Waals surface area contributed by atoms with Crippen LogP contribution in [0.2, 0.25) is 0 Å². The van der Waals surface area contributed by atoms with E-state index in [9.17, 15) is 9.90 Å². The Morgan fingerprint density at radius 1 is 1.22 bits per heavy atom. The number of phenolic OH excluding ortho intramolecular Hbond substituents is 1. The Balaban J connectivity index is 2.00. The Morgan fingerprint density at radius 3 is 2.67 bits per heavy atom. The highest BCUT2D eigenvalue weighted by molar-refractivity contribution is 5.94. The Hall–Kier alpha value is -2.69. The normalized spacial score (nSPS) is 10.4. The molecule has 5 heteroatoms. The molecule has 0 aliphatic carbocycles. The lowest BCUT2D eigenvalue weighted by atomic mass is 10.2. The van der Waals surface area contributed by atoms with Crippen LogP contribution >= 0.6 is 0 Å². The minimum atomic E-state index is -0.330. The zero-order valence-corrected chi connectivity index (χ0v) is 9.45. The lowest BCUT2D eigenvalue weighted by Gasteiger charge is -1.99. The van der Waals surface area contributed by atoms with Crippen molar-refractivity contribution in [2.45, 2.75) is 0 Å². The maximum absolute atomic E-state index is 11.6. The molecule has 90 valence electrons. The molecule has 5 nitrogen and oxygen atoms in total. The van der Waals surface area contributed by atoms with Crippen LogP contribution in [0.15, 0.2) is 53.9 Å². The smallest absolute Gasteiger partial charge is 0.271 e. The summed E-state index contributed by atoms with van der Waals surface area (Å²) in [7, 11) is 0. The number of amides is 1. The zero-order valence-electron chi connectivity index (χ0n) is 9.45. The molecule has 0 aliphatic heterocycles. The molecule has 1 aromatic carbocycles. The monoisotopic (exact) mass is 241 g/mol. The van der Waals surface area contributed by atoms with Crippen LogP contribution < -0.4 is 5.43 Å². The summed E-state index contributed by atoms with van der Waals surface area (Å²) in [4.78, 5) is 15.4. The predicted molar refractivity (Wildman–Crippen MR) is 67.4 cm³/mol. The van der Waals surface area contributed by atoms with Crippen molar-refractivity contribution < 1.29 is 9.90 Å². The summed E-state index contributed by atoms with van der Waals surface area (Å²) < 4.78 is 0. The van der Waals surface area contributed by atoms with Gasteiger partial charge in [0, 0.05) is 23.5 Å². The van der Waals surface area contributed by atoms with E-state index in [1.54, 1.807) is 36.4 Å². The molecule has 0 radical (unpaired) electrons. The van der Waals surface area contributed by atoms with Crippen molar-refractivity contribution in [2.75, 3.05) is 0 Å². The average Bonchev–Trinajstić information content (AvgIpc) is 2.42. The standard InChI is InChI=1S/C13H11N3O2/c17-12-4-2-1-3-11(12)9-15-16-13(18)10-5-7-14-8-6-10/h1-9,17H,(H,16,18)/b15-9-. The molecule has 0 unspecified atom stereocenters. The van der Waals surface area contributed by atoms with Gasteiger partial charge in [0.1, 0.15) is 5.75 Å². The molecule has 18 heavy (non-hydrogen) atoms. The number of carbonyl (C=O) groups is 1. The molecule has 0 bridgehead atoms. The fraction of sp³-hybridized carbons (Fsp3) is 0. The highest BCUT2D eigenvalue weighted by atomic mass is 16.3. The number of hydrogen-bond acceptors (Lipinski definition) is 4. The van der Waals surface area contributed by atoms with Crippen molar-refractivity contribution in [3.05, 3.63) is 59.9 Å². The van der Waals surface area contributed by atoms with Gasteiger partial charge >= 0.3 is 0 Å². The van der Waals surface area contributed by atoms with E-state index in [4.69, 9.17) is 0 Å². The highest BCUT2D eigenvalue weighted by Gasteiger charge is 2.02. The summed E-state index contributed by atoms with van der Waals surface area (Å²) in [5.74, 6) is -0.219. The molecule has 2 N–H and O–H groups in total. The SMILES string of the molecule is O=C(N/N=C\c1ccccc1O)c1ccncc1. The number of carbonyl (C=O) groups excluding carboxylic acids is 1. The topological polar surface area (TPSA) is 74.6 Å². The van der Waals surface area contributed by atoms with Crippen molar-refractivity contribution in [3.63, 3.8) is 0 Å². The molecular weight excluding hydrogens is 230 g/mol. The van der Waals surface area contributed by atoms with Crippen LogP contribution in [0.4, 0.5) is 0 Å². The summed E-state index contributed by atoms with van der Waals surface area (Å²) in [6.45, 7) is 0. The number of benzene rings is 1. The summed E-state index contributed by atoms with van der Waals surface area (Å²) >= 11 is 0. The molecule has 0 fully saturated rings. The molecule has 1 aromatic heterocycles. The van der Waals surface area contributed by atoms with Crippen molar-refractivity contribution in [3.8, 4) is 5.75 Å². The maximum atomic E-state index is 11.6. The lowest BCUT2D eigenvalue weighted by molar-refractivity contribution is 0.0955. The molecule has 1 heterocycles. The third-order valence-electron chi connectivity index (χ3n) is 2.25. The van der Waals surface area contributed by atoms with Crippen molar-refractivity contribution in [1.82, 2.24) is 10.4 Å². The first kappa shape index (κ1) is 11.8. The highest BCUT2D eigenvalue weighted by Crippen LogP contribution is 2.12. The van der Waals surface area contributed by atoms with Gasteiger partial charge in [-0.15, -0.1) is 0 Å². The molecule has 0 spiro atoms. The fourth-order valence-corrected chi connectivity index (χ4v) is 1.32. The minimum absolute atomic E-state index is 0.111. The van der Waals surface area contributed by atoms with E-state index >= 15 is 0 Å². The first-order valence-corrected chi connectivity index (χ1v) is 5.29. The molecule has 2 rings (SSSR count). The first-order valence-electron chi connectivity index (χ1n) is 5.29. The van der Waals surface area contributed by atoms with Gasteiger partial charge < -0.3 is 5.11 Å². The lowest BCUT2D eigenvalue weighted by Crippen LogP contribution is -2.17. The predicted octanol–water partition coefficient (Wildman–Crippen LogP) is 1.55. The maximum Gasteiger partial charge on any atom is 0.271 e. The Labute approximate surface area is 104 Å². The second-order valence-electron chi connectivity index (χ2n) is 3.49. The number of hydrazone groups is 1. The zero-order chi connectivity index (χ0) is 12.8. The van der Waals surface area contributed by atoms with Gasteiger partial charge in [-0.25, -0.2) is 5.43 Å². The van der Waals surface area contributed by atoms with E-state index in [2.05, 4.69) is 15.5 Å².